The van der Waals surface area contributed by atoms with Crippen LogP contribution in [0.4, 0.5) is 10.1 Å². The molecule has 1 aliphatic rings. The summed E-state index contributed by atoms with van der Waals surface area (Å²) < 4.78 is 41.0. The molecule has 2 aromatic carbocycles. The number of nitrogens with zero attached hydrogens (tertiary/aromatic N) is 3. The number of nitro benzene ring substituents is 1. The zero-order valence-corrected chi connectivity index (χ0v) is 16.6. The summed E-state index contributed by atoms with van der Waals surface area (Å²) in [7, 11) is -3.96. The molecule has 0 spiro atoms. The van der Waals surface area contributed by atoms with Crippen LogP contribution in [-0.2, 0) is 10.0 Å². The number of carbonyl (C=O) groups is 1. The summed E-state index contributed by atoms with van der Waals surface area (Å²) in [6, 6.07) is 9.44. The van der Waals surface area contributed by atoms with Gasteiger partial charge in [-0.2, -0.15) is 4.31 Å². The molecule has 0 bridgehead atoms. The zero-order valence-electron chi connectivity index (χ0n) is 15.7. The number of sulfonamides is 1. The standard InChI is InChI=1S/C19H20FN3O5S/c1-14-7-8-15(13-18(14)23(25)26)29(27,28)22-10-4-9-21(11-12-22)19(24)16-5-2-3-6-17(16)20/h2-3,5-8,13H,4,9-12H2,1H3. The van der Waals surface area contributed by atoms with E-state index in [2.05, 4.69) is 0 Å². The maximum atomic E-state index is 13.9. The number of carbonyl (C=O) groups excluding carboxylic acids is 1. The molecule has 3 rings (SSSR count). The van der Waals surface area contributed by atoms with E-state index < -0.39 is 26.7 Å². The molecule has 0 N–H and O–H groups in total. The first kappa shape index (κ1) is 20.9. The molecule has 10 heteroatoms. The van der Waals surface area contributed by atoms with Gasteiger partial charge >= 0.3 is 0 Å². The highest BCUT2D eigenvalue weighted by Gasteiger charge is 2.30. The Bertz CT molecular complexity index is 1060. The predicted octanol–water partition coefficient (Wildman–Crippen LogP) is 2.58. The summed E-state index contributed by atoms with van der Waals surface area (Å²) >= 11 is 0. The molecule has 1 heterocycles. The van der Waals surface area contributed by atoms with E-state index in [9.17, 15) is 27.7 Å². The molecule has 0 aliphatic carbocycles. The molecular formula is C19H20FN3O5S. The van der Waals surface area contributed by atoms with Crippen LogP contribution in [0.2, 0.25) is 0 Å². The van der Waals surface area contributed by atoms with Crippen LogP contribution in [0, 0.1) is 22.9 Å². The van der Waals surface area contributed by atoms with Gasteiger partial charge in [0, 0.05) is 37.8 Å². The Hall–Kier alpha value is -2.85. The Morgan fingerprint density at radius 2 is 1.83 bits per heavy atom. The molecule has 0 aromatic heterocycles. The van der Waals surface area contributed by atoms with Crippen molar-refractivity contribution in [3.63, 3.8) is 0 Å². The molecule has 29 heavy (non-hydrogen) atoms. The maximum Gasteiger partial charge on any atom is 0.273 e. The van der Waals surface area contributed by atoms with Crippen LogP contribution in [0.3, 0.4) is 0 Å². The van der Waals surface area contributed by atoms with Crippen LogP contribution >= 0.6 is 0 Å². The van der Waals surface area contributed by atoms with E-state index in [0.717, 1.165) is 6.07 Å². The third-order valence-corrected chi connectivity index (χ3v) is 6.76. The number of hydrogen-bond acceptors (Lipinski definition) is 5. The summed E-state index contributed by atoms with van der Waals surface area (Å²) in [5.41, 5.74) is 0.0432. The number of rotatable bonds is 4. The van der Waals surface area contributed by atoms with Crippen molar-refractivity contribution >= 4 is 21.6 Å². The fraction of sp³-hybridized carbons (Fsp3) is 0.316. The first-order chi connectivity index (χ1) is 13.7. The Labute approximate surface area is 167 Å². The van der Waals surface area contributed by atoms with Crippen molar-refractivity contribution in [1.29, 1.82) is 0 Å². The van der Waals surface area contributed by atoms with E-state index in [1.165, 1.54) is 46.5 Å². The normalized spacial score (nSPS) is 15.7. The highest BCUT2D eigenvalue weighted by Crippen LogP contribution is 2.25. The second-order valence-electron chi connectivity index (χ2n) is 6.74. The molecule has 0 radical (unpaired) electrons. The number of halogens is 1. The molecule has 2 aromatic rings. The maximum absolute atomic E-state index is 13.9. The van der Waals surface area contributed by atoms with E-state index in [1.54, 1.807) is 6.07 Å². The van der Waals surface area contributed by atoms with Crippen molar-refractivity contribution in [2.75, 3.05) is 26.2 Å². The summed E-state index contributed by atoms with van der Waals surface area (Å²) in [5.74, 6) is -1.12. The van der Waals surface area contributed by atoms with Gasteiger partial charge in [-0.1, -0.05) is 18.2 Å². The smallest absolute Gasteiger partial charge is 0.273 e. The molecule has 154 valence electrons. The summed E-state index contributed by atoms with van der Waals surface area (Å²) in [4.78, 5) is 24.4. The molecular weight excluding hydrogens is 401 g/mol. The third kappa shape index (κ3) is 4.28. The van der Waals surface area contributed by atoms with Crippen LogP contribution in [0.25, 0.3) is 0 Å². The van der Waals surface area contributed by atoms with Gasteiger partial charge in [0.1, 0.15) is 5.82 Å². The lowest BCUT2D eigenvalue weighted by molar-refractivity contribution is -0.385. The average Bonchev–Trinajstić information content (AvgIpc) is 2.94. The largest absolute Gasteiger partial charge is 0.337 e. The SMILES string of the molecule is Cc1ccc(S(=O)(=O)N2CCCN(C(=O)c3ccccc3F)CC2)cc1[N+](=O)[O-]. The molecule has 0 atom stereocenters. The van der Waals surface area contributed by atoms with Gasteiger partial charge in [-0.15, -0.1) is 0 Å². The van der Waals surface area contributed by atoms with Crippen molar-refractivity contribution in [2.24, 2.45) is 0 Å². The number of amides is 1. The number of benzene rings is 2. The fourth-order valence-electron chi connectivity index (χ4n) is 3.24. The predicted molar refractivity (Wildman–Crippen MR) is 104 cm³/mol. The molecule has 0 saturated carbocycles. The molecule has 1 aliphatic heterocycles. The van der Waals surface area contributed by atoms with Gasteiger partial charge in [-0.3, -0.25) is 14.9 Å². The van der Waals surface area contributed by atoms with E-state index in [1.807, 2.05) is 0 Å². The van der Waals surface area contributed by atoms with Crippen LogP contribution in [-0.4, -0.2) is 54.6 Å². The molecule has 1 amide bonds. The van der Waals surface area contributed by atoms with Crippen LogP contribution in [0.1, 0.15) is 22.3 Å². The fourth-order valence-corrected chi connectivity index (χ4v) is 4.73. The molecule has 1 saturated heterocycles. The van der Waals surface area contributed by atoms with E-state index >= 15 is 0 Å². The average molecular weight is 421 g/mol. The van der Waals surface area contributed by atoms with Gasteiger partial charge in [-0.05, 0) is 31.5 Å². The van der Waals surface area contributed by atoms with E-state index in [4.69, 9.17) is 0 Å². The lowest BCUT2D eigenvalue weighted by atomic mass is 10.2. The van der Waals surface area contributed by atoms with Gasteiger partial charge < -0.3 is 4.90 Å². The lowest BCUT2D eigenvalue weighted by Gasteiger charge is -2.22. The number of aryl methyl sites for hydroxylation is 1. The first-order valence-electron chi connectivity index (χ1n) is 9.01. The quantitative estimate of drug-likeness (QED) is 0.558. The zero-order chi connectivity index (χ0) is 21.2. The van der Waals surface area contributed by atoms with Crippen molar-refractivity contribution in [2.45, 2.75) is 18.2 Å². The highest BCUT2D eigenvalue weighted by molar-refractivity contribution is 7.89. The molecule has 1 fully saturated rings. The van der Waals surface area contributed by atoms with Gasteiger partial charge in [0.05, 0.1) is 15.4 Å². The van der Waals surface area contributed by atoms with Crippen molar-refractivity contribution in [1.82, 2.24) is 9.21 Å². The van der Waals surface area contributed by atoms with E-state index in [0.29, 0.717) is 12.0 Å². The minimum absolute atomic E-state index is 0.0181. The van der Waals surface area contributed by atoms with Gasteiger partial charge in [-0.25, -0.2) is 12.8 Å². The summed E-state index contributed by atoms with van der Waals surface area (Å²) in [6.07, 6.45) is 0.368. The monoisotopic (exact) mass is 421 g/mol. The minimum atomic E-state index is -3.96. The highest BCUT2D eigenvalue weighted by atomic mass is 32.2. The minimum Gasteiger partial charge on any atom is -0.337 e. The van der Waals surface area contributed by atoms with Gasteiger partial charge in [0.15, 0.2) is 0 Å². The van der Waals surface area contributed by atoms with E-state index in [-0.39, 0.29) is 42.3 Å². The van der Waals surface area contributed by atoms with Crippen molar-refractivity contribution in [3.05, 3.63) is 69.5 Å². The Morgan fingerprint density at radius 3 is 2.52 bits per heavy atom. The van der Waals surface area contributed by atoms with Crippen molar-refractivity contribution < 1.29 is 22.5 Å². The number of nitro groups is 1. The second-order valence-corrected chi connectivity index (χ2v) is 8.67. The van der Waals surface area contributed by atoms with Crippen LogP contribution in [0.5, 0.6) is 0 Å². The lowest BCUT2D eigenvalue weighted by Crippen LogP contribution is -2.37. The summed E-state index contributed by atoms with van der Waals surface area (Å²) in [5, 5.41) is 11.1. The molecule has 0 unspecified atom stereocenters. The van der Waals surface area contributed by atoms with Gasteiger partial charge in [0.25, 0.3) is 11.6 Å². The summed E-state index contributed by atoms with van der Waals surface area (Å²) in [6.45, 7) is 2.09. The molecule has 8 nitrogen and oxygen atoms in total. The Kier molecular flexibility index (Phi) is 5.94. The Morgan fingerprint density at radius 1 is 1.10 bits per heavy atom. The van der Waals surface area contributed by atoms with Crippen molar-refractivity contribution in [3.8, 4) is 0 Å². The topological polar surface area (TPSA) is 101 Å². The van der Waals surface area contributed by atoms with Crippen LogP contribution in [0.15, 0.2) is 47.4 Å². The Balaban J connectivity index is 1.80. The van der Waals surface area contributed by atoms with Crippen LogP contribution < -0.4 is 0 Å². The van der Waals surface area contributed by atoms with Gasteiger partial charge in [0.2, 0.25) is 10.0 Å². The number of hydrogen-bond donors (Lipinski definition) is 0. The second kappa shape index (κ2) is 8.26. The third-order valence-electron chi connectivity index (χ3n) is 4.86. The first-order valence-corrected chi connectivity index (χ1v) is 10.4.